The van der Waals surface area contributed by atoms with Crippen molar-refractivity contribution in [1.29, 1.82) is 0 Å². The van der Waals surface area contributed by atoms with Crippen LogP contribution in [0.25, 0.3) is 11.4 Å². The lowest BCUT2D eigenvalue weighted by atomic mass is 10.0. The lowest BCUT2D eigenvalue weighted by Gasteiger charge is -2.10. The number of nitrogens with zero attached hydrogens (tertiary/aromatic N) is 2. The summed E-state index contributed by atoms with van der Waals surface area (Å²) in [5, 5.41) is 7.39. The Bertz CT molecular complexity index is 750. The first-order chi connectivity index (χ1) is 11.6. The molecule has 1 spiro atoms. The molecule has 2 heterocycles. The number of rotatable bonds is 5. The van der Waals surface area contributed by atoms with E-state index in [4.69, 9.17) is 9.26 Å². The highest BCUT2D eigenvalue weighted by molar-refractivity contribution is 5.85. The van der Waals surface area contributed by atoms with Crippen LogP contribution in [-0.2, 0) is 0 Å². The number of hydrogen-bond donors (Lipinski definition) is 1. The standard InChI is InChI=1S/C16H17F2N3O3.ClH/c1-22-12-6-9(2-3-11(12)23-15(17)18)13-20-14(24-21-13)10-7-16(10)4-5-19-8-16;/h2-3,6,10,15,19H,4-5,7-8H2,1H3;1H. The fourth-order valence-corrected chi connectivity index (χ4v) is 3.43. The minimum absolute atomic E-state index is 0. The molecule has 0 amide bonds. The van der Waals surface area contributed by atoms with Crippen molar-refractivity contribution in [2.45, 2.75) is 25.4 Å². The van der Waals surface area contributed by atoms with Crippen LogP contribution in [0.1, 0.15) is 24.7 Å². The predicted molar refractivity (Wildman–Crippen MR) is 87.4 cm³/mol. The van der Waals surface area contributed by atoms with Crippen molar-refractivity contribution in [3.63, 3.8) is 0 Å². The van der Waals surface area contributed by atoms with E-state index in [0.29, 0.717) is 23.2 Å². The molecule has 136 valence electrons. The van der Waals surface area contributed by atoms with E-state index in [1.165, 1.54) is 13.2 Å². The number of nitrogens with one attached hydrogen (secondary N) is 1. The molecule has 6 nitrogen and oxygen atoms in total. The van der Waals surface area contributed by atoms with Gasteiger partial charge in [0.05, 0.1) is 7.11 Å². The van der Waals surface area contributed by atoms with Gasteiger partial charge in [-0.2, -0.15) is 13.8 Å². The minimum Gasteiger partial charge on any atom is -0.493 e. The van der Waals surface area contributed by atoms with Crippen molar-refractivity contribution < 1.29 is 22.8 Å². The Balaban J connectivity index is 0.00000182. The quantitative estimate of drug-likeness (QED) is 0.867. The Hall–Kier alpha value is -1.93. The maximum atomic E-state index is 12.4. The van der Waals surface area contributed by atoms with Gasteiger partial charge in [-0.15, -0.1) is 12.4 Å². The molecule has 1 aliphatic heterocycles. The molecule has 0 bridgehead atoms. The molecule has 1 saturated carbocycles. The zero-order chi connectivity index (χ0) is 16.7. The first kappa shape index (κ1) is 17.9. The maximum absolute atomic E-state index is 12.4. The molecule has 1 aromatic heterocycles. The molecule has 2 unspecified atom stereocenters. The fraction of sp³-hybridized carbons (Fsp3) is 0.500. The Morgan fingerprint density at radius 1 is 1.36 bits per heavy atom. The van der Waals surface area contributed by atoms with Gasteiger partial charge in [-0.3, -0.25) is 0 Å². The number of benzene rings is 1. The van der Waals surface area contributed by atoms with Crippen molar-refractivity contribution in [2.24, 2.45) is 5.41 Å². The molecule has 4 rings (SSSR count). The van der Waals surface area contributed by atoms with Gasteiger partial charge >= 0.3 is 6.61 Å². The van der Waals surface area contributed by atoms with E-state index in [-0.39, 0.29) is 29.3 Å². The summed E-state index contributed by atoms with van der Waals surface area (Å²) in [6.07, 6.45) is 2.19. The van der Waals surface area contributed by atoms with Crippen LogP contribution in [0.5, 0.6) is 11.5 Å². The molecule has 25 heavy (non-hydrogen) atoms. The van der Waals surface area contributed by atoms with Gasteiger partial charge in [0.1, 0.15) is 0 Å². The number of methoxy groups -OCH3 is 1. The molecular formula is C16H18ClF2N3O3. The van der Waals surface area contributed by atoms with Crippen LogP contribution in [0, 0.1) is 5.41 Å². The third-order valence-electron chi connectivity index (χ3n) is 4.84. The van der Waals surface area contributed by atoms with Crippen LogP contribution in [0.4, 0.5) is 8.78 Å². The molecule has 1 aromatic carbocycles. The molecule has 1 saturated heterocycles. The summed E-state index contributed by atoms with van der Waals surface area (Å²) in [5.74, 6) is 1.53. The van der Waals surface area contributed by atoms with Crippen LogP contribution < -0.4 is 14.8 Å². The monoisotopic (exact) mass is 373 g/mol. The molecule has 9 heteroatoms. The molecule has 2 aliphatic rings. The van der Waals surface area contributed by atoms with Gasteiger partial charge in [-0.05, 0) is 43.0 Å². The van der Waals surface area contributed by atoms with Gasteiger partial charge in [-0.1, -0.05) is 5.16 Å². The SMILES string of the molecule is COc1cc(-c2noc(C3CC34CCNC4)n2)ccc1OC(F)F.Cl. The van der Waals surface area contributed by atoms with Crippen molar-refractivity contribution >= 4 is 12.4 Å². The van der Waals surface area contributed by atoms with Crippen molar-refractivity contribution in [1.82, 2.24) is 15.5 Å². The lowest BCUT2D eigenvalue weighted by Crippen LogP contribution is -2.10. The summed E-state index contributed by atoms with van der Waals surface area (Å²) >= 11 is 0. The predicted octanol–water partition coefficient (Wildman–Crippen LogP) is 3.24. The van der Waals surface area contributed by atoms with Crippen LogP contribution in [0.2, 0.25) is 0 Å². The van der Waals surface area contributed by atoms with Crippen LogP contribution in [0.15, 0.2) is 22.7 Å². The third kappa shape index (κ3) is 3.28. The zero-order valence-corrected chi connectivity index (χ0v) is 14.3. The van der Waals surface area contributed by atoms with Gasteiger partial charge in [0.25, 0.3) is 0 Å². The van der Waals surface area contributed by atoms with Crippen LogP contribution >= 0.6 is 12.4 Å². The van der Waals surface area contributed by atoms with E-state index >= 15 is 0 Å². The van der Waals surface area contributed by atoms with E-state index < -0.39 is 6.61 Å². The molecule has 2 atom stereocenters. The van der Waals surface area contributed by atoms with Crippen molar-refractivity contribution in [3.8, 4) is 22.9 Å². The Morgan fingerprint density at radius 2 is 2.20 bits per heavy atom. The van der Waals surface area contributed by atoms with Gasteiger partial charge in [0.2, 0.25) is 11.7 Å². The summed E-state index contributed by atoms with van der Waals surface area (Å²) in [6, 6.07) is 4.58. The second-order valence-electron chi connectivity index (χ2n) is 6.25. The van der Waals surface area contributed by atoms with E-state index in [2.05, 4.69) is 20.2 Å². The maximum Gasteiger partial charge on any atom is 0.387 e. The Kier molecular flexibility index (Phi) is 4.83. The number of aromatic nitrogens is 2. The topological polar surface area (TPSA) is 69.4 Å². The highest BCUT2D eigenvalue weighted by Crippen LogP contribution is 2.62. The van der Waals surface area contributed by atoms with E-state index in [9.17, 15) is 8.78 Å². The minimum atomic E-state index is -2.91. The summed E-state index contributed by atoms with van der Waals surface area (Å²) in [5.41, 5.74) is 0.902. The summed E-state index contributed by atoms with van der Waals surface area (Å²) in [4.78, 5) is 4.48. The Labute approximate surface area is 149 Å². The number of hydrogen-bond acceptors (Lipinski definition) is 6. The first-order valence-corrected chi connectivity index (χ1v) is 7.79. The highest BCUT2D eigenvalue weighted by atomic mass is 35.5. The second-order valence-corrected chi connectivity index (χ2v) is 6.25. The van der Waals surface area contributed by atoms with Gasteiger partial charge in [0, 0.05) is 18.0 Å². The first-order valence-electron chi connectivity index (χ1n) is 7.79. The van der Waals surface area contributed by atoms with E-state index in [0.717, 1.165) is 25.9 Å². The average molecular weight is 374 g/mol. The van der Waals surface area contributed by atoms with Crippen LogP contribution in [0.3, 0.4) is 0 Å². The molecule has 2 fully saturated rings. The largest absolute Gasteiger partial charge is 0.493 e. The molecule has 2 aromatic rings. The van der Waals surface area contributed by atoms with Crippen molar-refractivity contribution in [3.05, 3.63) is 24.1 Å². The Morgan fingerprint density at radius 3 is 2.88 bits per heavy atom. The number of ether oxygens (including phenoxy) is 2. The molecule has 0 radical (unpaired) electrons. The summed E-state index contributed by atoms with van der Waals surface area (Å²) < 4.78 is 39.7. The number of alkyl halides is 2. The average Bonchev–Trinajstić information content (AvgIpc) is 2.93. The zero-order valence-electron chi connectivity index (χ0n) is 13.5. The normalized spacial score (nSPS) is 24.4. The van der Waals surface area contributed by atoms with E-state index in [1.807, 2.05) is 0 Å². The lowest BCUT2D eigenvalue weighted by molar-refractivity contribution is -0.0512. The summed E-state index contributed by atoms with van der Waals surface area (Å²) in [7, 11) is 1.39. The molecule has 1 N–H and O–H groups in total. The smallest absolute Gasteiger partial charge is 0.387 e. The van der Waals surface area contributed by atoms with Gasteiger partial charge in [-0.25, -0.2) is 0 Å². The van der Waals surface area contributed by atoms with Gasteiger partial charge in [0.15, 0.2) is 11.5 Å². The van der Waals surface area contributed by atoms with Crippen LogP contribution in [-0.4, -0.2) is 37.0 Å². The van der Waals surface area contributed by atoms with Crippen molar-refractivity contribution in [2.75, 3.05) is 20.2 Å². The number of halogens is 3. The summed E-state index contributed by atoms with van der Waals surface area (Å²) in [6.45, 7) is -0.893. The molecule has 1 aliphatic carbocycles. The fourth-order valence-electron chi connectivity index (χ4n) is 3.43. The second kappa shape index (κ2) is 6.76. The molecular weight excluding hydrogens is 356 g/mol. The van der Waals surface area contributed by atoms with Gasteiger partial charge < -0.3 is 19.3 Å². The van der Waals surface area contributed by atoms with E-state index in [1.54, 1.807) is 12.1 Å². The third-order valence-corrected chi connectivity index (χ3v) is 4.84. The highest BCUT2D eigenvalue weighted by Gasteiger charge is 2.58.